The van der Waals surface area contributed by atoms with Gasteiger partial charge in [0.15, 0.2) is 0 Å². The Morgan fingerprint density at radius 3 is 2.06 bits per heavy atom. The molecule has 8 heteroatoms. The van der Waals surface area contributed by atoms with Crippen molar-refractivity contribution in [2.45, 2.75) is 32.0 Å². The predicted molar refractivity (Wildman–Crippen MR) is 130 cm³/mol. The molecule has 3 aromatic carbocycles. The number of nitrogens with one attached hydrogen (secondary N) is 1. The summed E-state index contributed by atoms with van der Waals surface area (Å²) in [6, 6.07) is 17.0. The molecule has 0 bridgehead atoms. The molecule has 0 radical (unpaired) electrons. The van der Waals surface area contributed by atoms with Crippen LogP contribution in [0, 0.1) is 4.91 Å². The van der Waals surface area contributed by atoms with E-state index in [0.717, 1.165) is 5.56 Å². The highest BCUT2D eigenvalue weighted by atomic mass is 35.5. The van der Waals surface area contributed by atoms with Crippen LogP contribution in [0.25, 0.3) is 0 Å². The average Bonchev–Trinajstić information content (AvgIpc) is 2.92. The number of halogens is 2. The summed E-state index contributed by atoms with van der Waals surface area (Å²) in [6.07, 6.45) is 0. The fourth-order valence-corrected chi connectivity index (χ4v) is 4.26. The molecule has 0 saturated carbocycles. The summed E-state index contributed by atoms with van der Waals surface area (Å²) in [5, 5.41) is 7.05. The van der Waals surface area contributed by atoms with Crippen molar-refractivity contribution in [3.05, 3.63) is 104 Å². The highest BCUT2D eigenvalue weighted by Gasteiger charge is 2.39. The number of fused-ring (bicyclic) bond motifs is 1. The first-order chi connectivity index (χ1) is 15.8. The second-order valence-electron chi connectivity index (χ2n) is 7.97. The van der Waals surface area contributed by atoms with Crippen LogP contribution >= 0.6 is 23.2 Å². The molecule has 0 aromatic heterocycles. The van der Waals surface area contributed by atoms with Gasteiger partial charge in [0.25, 0.3) is 11.8 Å². The number of carbonyl (C=O) groups excluding carboxylic acids is 2. The zero-order valence-corrected chi connectivity index (χ0v) is 19.5. The SMILES string of the molecule is CC(N=O)c1ccc2c(c1)C(=O)N([C@H](C)c1ccc(Cl)cc1)[C@@H](c1ccc(Cl)cc1)C(=O)N2. The first-order valence-corrected chi connectivity index (χ1v) is 11.2. The summed E-state index contributed by atoms with van der Waals surface area (Å²) in [5.41, 5.74) is 2.73. The van der Waals surface area contributed by atoms with E-state index in [1.165, 1.54) is 0 Å². The van der Waals surface area contributed by atoms with Gasteiger partial charge in [-0.2, -0.15) is 4.91 Å². The second kappa shape index (κ2) is 9.33. The van der Waals surface area contributed by atoms with Crippen LogP contribution in [0.15, 0.2) is 71.9 Å². The summed E-state index contributed by atoms with van der Waals surface area (Å²) >= 11 is 12.1. The third-order valence-corrected chi connectivity index (χ3v) is 6.39. The molecule has 1 aliphatic heterocycles. The first kappa shape index (κ1) is 23.0. The molecular formula is C25H21Cl2N3O3. The van der Waals surface area contributed by atoms with Crippen LogP contribution in [0.1, 0.15) is 59.0 Å². The van der Waals surface area contributed by atoms with Crippen LogP contribution in [0.5, 0.6) is 0 Å². The summed E-state index contributed by atoms with van der Waals surface area (Å²) < 4.78 is 0. The zero-order valence-electron chi connectivity index (χ0n) is 18.0. The second-order valence-corrected chi connectivity index (χ2v) is 8.84. The minimum atomic E-state index is -0.905. The molecule has 1 aliphatic rings. The lowest BCUT2D eigenvalue weighted by molar-refractivity contribution is -0.121. The maximum atomic E-state index is 14.0. The van der Waals surface area contributed by atoms with Crippen molar-refractivity contribution < 1.29 is 9.59 Å². The van der Waals surface area contributed by atoms with Crippen molar-refractivity contribution in [2.75, 3.05) is 5.32 Å². The van der Waals surface area contributed by atoms with E-state index in [1.807, 2.05) is 19.1 Å². The Morgan fingerprint density at radius 1 is 0.879 bits per heavy atom. The van der Waals surface area contributed by atoms with Crippen LogP contribution < -0.4 is 5.32 Å². The van der Waals surface area contributed by atoms with E-state index in [0.29, 0.717) is 32.4 Å². The maximum absolute atomic E-state index is 14.0. The number of anilines is 1. The zero-order chi connectivity index (χ0) is 23.7. The van der Waals surface area contributed by atoms with E-state index in [1.54, 1.807) is 66.4 Å². The first-order valence-electron chi connectivity index (χ1n) is 10.4. The largest absolute Gasteiger partial charge is 0.323 e. The molecule has 168 valence electrons. The van der Waals surface area contributed by atoms with Crippen LogP contribution in [0.4, 0.5) is 5.69 Å². The molecule has 0 aliphatic carbocycles. The number of nitrogens with zero attached hydrogens (tertiary/aromatic N) is 2. The highest BCUT2D eigenvalue weighted by molar-refractivity contribution is 6.30. The Hall–Kier alpha value is -3.22. The van der Waals surface area contributed by atoms with Gasteiger partial charge in [0.05, 0.1) is 17.3 Å². The van der Waals surface area contributed by atoms with Crippen molar-refractivity contribution in [3.8, 4) is 0 Å². The summed E-state index contributed by atoms with van der Waals surface area (Å²) in [6.45, 7) is 3.51. The molecule has 0 saturated heterocycles. The van der Waals surface area contributed by atoms with E-state index >= 15 is 0 Å². The minimum absolute atomic E-state index is 0.300. The quantitative estimate of drug-likeness (QED) is 0.410. The van der Waals surface area contributed by atoms with Crippen LogP contribution in [-0.2, 0) is 4.79 Å². The lowest BCUT2D eigenvalue weighted by Crippen LogP contribution is -2.40. The number of amides is 2. The highest BCUT2D eigenvalue weighted by Crippen LogP contribution is 2.38. The predicted octanol–water partition coefficient (Wildman–Crippen LogP) is 6.72. The van der Waals surface area contributed by atoms with Gasteiger partial charge in [0, 0.05) is 10.0 Å². The normalized spacial score (nSPS) is 17.6. The van der Waals surface area contributed by atoms with Gasteiger partial charge in [0.1, 0.15) is 12.1 Å². The molecule has 6 nitrogen and oxygen atoms in total. The Balaban J connectivity index is 1.88. The molecule has 3 aromatic rings. The summed E-state index contributed by atoms with van der Waals surface area (Å²) in [5.74, 6) is -0.690. The van der Waals surface area contributed by atoms with E-state index in [2.05, 4.69) is 10.5 Å². The number of benzene rings is 3. The Kier molecular flexibility index (Phi) is 6.49. The van der Waals surface area contributed by atoms with Crippen molar-refractivity contribution in [1.82, 2.24) is 4.90 Å². The topological polar surface area (TPSA) is 78.8 Å². The maximum Gasteiger partial charge on any atom is 0.257 e. The number of nitroso groups, excluding NO2 is 1. The van der Waals surface area contributed by atoms with E-state index in [-0.39, 0.29) is 11.8 Å². The number of rotatable bonds is 5. The van der Waals surface area contributed by atoms with Crippen LogP contribution in [0.3, 0.4) is 0 Å². The fraction of sp³-hybridized carbons (Fsp3) is 0.200. The van der Waals surface area contributed by atoms with Crippen molar-refractivity contribution >= 4 is 40.7 Å². The van der Waals surface area contributed by atoms with Gasteiger partial charge in [-0.3, -0.25) is 9.59 Å². The smallest absolute Gasteiger partial charge is 0.257 e. The van der Waals surface area contributed by atoms with Gasteiger partial charge in [0.2, 0.25) is 0 Å². The van der Waals surface area contributed by atoms with Gasteiger partial charge in [-0.25, -0.2) is 0 Å². The van der Waals surface area contributed by atoms with Crippen molar-refractivity contribution in [1.29, 1.82) is 0 Å². The van der Waals surface area contributed by atoms with Crippen molar-refractivity contribution in [3.63, 3.8) is 0 Å². The average molecular weight is 482 g/mol. The van der Waals surface area contributed by atoms with Gasteiger partial charge < -0.3 is 10.2 Å². The molecular weight excluding hydrogens is 461 g/mol. The third-order valence-electron chi connectivity index (χ3n) is 5.89. The van der Waals surface area contributed by atoms with Crippen LogP contribution in [0.2, 0.25) is 10.0 Å². The fourth-order valence-electron chi connectivity index (χ4n) is 4.01. The molecule has 1 heterocycles. The summed E-state index contributed by atoms with van der Waals surface area (Å²) in [4.78, 5) is 40.0. The molecule has 33 heavy (non-hydrogen) atoms. The lowest BCUT2D eigenvalue weighted by Gasteiger charge is -2.34. The number of hydrogen-bond donors (Lipinski definition) is 1. The van der Waals surface area contributed by atoms with Gasteiger partial charge in [-0.05, 0) is 66.9 Å². The van der Waals surface area contributed by atoms with Gasteiger partial charge >= 0.3 is 0 Å². The summed E-state index contributed by atoms with van der Waals surface area (Å²) in [7, 11) is 0. The lowest BCUT2D eigenvalue weighted by atomic mass is 9.98. The molecule has 3 atom stereocenters. The van der Waals surface area contributed by atoms with Crippen LogP contribution in [-0.4, -0.2) is 16.7 Å². The molecule has 1 unspecified atom stereocenters. The van der Waals surface area contributed by atoms with E-state index in [4.69, 9.17) is 23.2 Å². The Labute approximate surface area is 201 Å². The standard InChI is InChI=1S/C25H21Cl2N3O3/c1-14(29-33)18-7-12-22-21(13-18)25(32)30(15(2)16-3-8-19(26)9-4-16)23(24(31)28-22)17-5-10-20(27)11-6-17/h3-15,23H,1-2H3,(H,28,31)/t14?,15-,23+/m1/s1. The molecule has 0 fully saturated rings. The Morgan fingerprint density at radius 2 is 1.45 bits per heavy atom. The molecule has 4 rings (SSSR count). The minimum Gasteiger partial charge on any atom is -0.323 e. The third kappa shape index (κ3) is 4.49. The van der Waals surface area contributed by atoms with E-state index < -0.39 is 18.1 Å². The molecule has 0 spiro atoms. The molecule has 1 N–H and O–H groups in total. The monoisotopic (exact) mass is 481 g/mol. The number of hydrogen-bond acceptors (Lipinski definition) is 4. The van der Waals surface area contributed by atoms with E-state index in [9.17, 15) is 14.5 Å². The Bertz CT molecular complexity index is 1210. The van der Waals surface area contributed by atoms with Gasteiger partial charge in [-0.15, -0.1) is 0 Å². The van der Waals surface area contributed by atoms with Gasteiger partial charge in [-0.1, -0.05) is 58.7 Å². The molecule has 2 amide bonds. The number of carbonyl (C=O) groups is 2. The van der Waals surface area contributed by atoms with Crippen molar-refractivity contribution in [2.24, 2.45) is 5.18 Å².